The lowest BCUT2D eigenvalue weighted by Crippen LogP contribution is -2.29. The van der Waals surface area contributed by atoms with Crippen molar-refractivity contribution in [3.8, 4) is 0 Å². The Labute approximate surface area is 152 Å². The van der Waals surface area contributed by atoms with Gasteiger partial charge in [-0.3, -0.25) is 9.59 Å². The van der Waals surface area contributed by atoms with Gasteiger partial charge in [0.2, 0.25) is 5.91 Å². The van der Waals surface area contributed by atoms with E-state index in [1.54, 1.807) is 36.4 Å². The predicted molar refractivity (Wildman–Crippen MR) is 98.2 cm³/mol. The van der Waals surface area contributed by atoms with Gasteiger partial charge in [-0.1, -0.05) is 12.1 Å². The largest absolute Gasteiger partial charge is 0.348 e. The van der Waals surface area contributed by atoms with Crippen LogP contribution in [0.4, 0.5) is 10.1 Å². The van der Waals surface area contributed by atoms with Crippen LogP contribution in [0.1, 0.15) is 28.8 Å². The minimum atomic E-state index is -0.305. The molecule has 1 aliphatic rings. The maximum absolute atomic E-state index is 12.9. The lowest BCUT2D eigenvalue weighted by Gasteiger charge is -2.08. The minimum absolute atomic E-state index is 0.0980. The Balaban J connectivity index is 1.44. The summed E-state index contributed by atoms with van der Waals surface area (Å²) >= 11 is 0. The number of nitrogens with one attached hydrogen (secondary N) is 3. The van der Waals surface area contributed by atoms with Crippen molar-refractivity contribution >= 4 is 17.5 Å². The molecule has 136 valence electrons. The average Bonchev–Trinajstić information content (AvgIpc) is 3.46. The fourth-order valence-corrected chi connectivity index (χ4v) is 2.51. The van der Waals surface area contributed by atoms with Gasteiger partial charge in [-0.05, 0) is 67.3 Å². The third kappa shape index (κ3) is 5.67. The molecular formula is C20H22FN3O2. The highest BCUT2D eigenvalue weighted by molar-refractivity contribution is 5.96. The molecule has 0 unspecified atom stereocenters. The van der Waals surface area contributed by atoms with E-state index in [9.17, 15) is 14.0 Å². The first-order chi connectivity index (χ1) is 12.6. The molecule has 1 fully saturated rings. The van der Waals surface area contributed by atoms with Gasteiger partial charge in [0, 0.05) is 17.8 Å². The zero-order valence-corrected chi connectivity index (χ0v) is 14.4. The molecule has 0 aliphatic heterocycles. The van der Waals surface area contributed by atoms with Crippen molar-refractivity contribution in [3.63, 3.8) is 0 Å². The Hall–Kier alpha value is -2.73. The van der Waals surface area contributed by atoms with Crippen molar-refractivity contribution < 1.29 is 14.0 Å². The van der Waals surface area contributed by atoms with Crippen molar-refractivity contribution in [2.24, 2.45) is 5.92 Å². The minimum Gasteiger partial charge on any atom is -0.348 e. The lowest BCUT2D eigenvalue weighted by molar-refractivity contribution is -0.115. The lowest BCUT2D eigenvalue weighted by atomic mass is 10.1. The first kappa shape index (κ1) is 18.1. The molecule has 26 heavy (non-hydrogen) atoms. The van der Waals surface area contributed by atoms with E-state index >= 15 is 0 Å². The number of amides is 2. The van der Waals surface area contributed by atoms with E-state index in [0.717, 1.165) is 18.0 Å². The molecule has 3 rings (SSSR count). The Morgan fingerprint density at radius 2 is 1.69 bits per heavy atom. The van der Waals surface area contributed by atoms with Crippen molar-refractivity contribution in [2.45, 2.75) is 19.4 Å². The second kappa shape index (κ2) is 8.58. The van der Waals surface area contributed by atoms with Crippen LogP contribution >= 0.6 is 0 Å². The topological polar surface area (TPSA) is 70.2 Å². The molecule has 1 saturated carbocycles. The van der Waals surface area contributed by atoms with E-state index in [-0.39, 0.29) is 24.2 Å². The highest BCUT2D eigenvalue weighted by Gasteiger charge is 2.20. The molecule has 3 N–H and O–H groups in total. The Kier molecular flexibility index (Phi) is 5.96. The first-order valence-corrected chi connectivity index (χ1v) is 8.73. The number of hydrogen-bond acceptors (Lipinski definition) is 3. The maximum Gasteiger partial charge on any atom is 0.251 e. The van der Waals surface area contributed by atoms with Gasteiger partial charge in [-0.15, -0.1) is 0 Å². The summed E-state index contributed by atoms with van der Waals surface area (Å²) in [5, 5.41) is 8.71. The van der Waals surface area contributed by atoms with E-state index in [1.807, 2.05) is 0 Å². The molecule has 2 aromatic rings. The quantitative estimate of drug-likeness (QED) is 0.682. The molecule has 5 nitrogen and oxygen atoms in total. The van der Waals surface area contributed by atoms with Crippen LogP contribution in [0.2, 0.25) is 0 Å². The van der Waals surface area contributed by atoms with E-state index in [2.05, 4.69) is 16.0 Å². The smallest absolute Gasteiger partial charge is 0.251 e. The predicted octanol–water partition coefficient (Wildman–Crippen LogP) is 2.69. The normalized spacial score (nSPS) is 13.3. The number of hydrogen-bond donors (Lipinski definition) is 3. The summed E-state index contributed by atoms with van der Waals surface area (Å²) in [6, 6.07) is 12.7. The second-order valence-electron chi connectivity index (χ2n) is 6.51. The van der Waals surface area contributed by atoms with Crippen LogP contribution in [0.3, 0.4) is 0 Å². The van der Waals surface area contributed by atoms with Crippen molar-refractivity contribution in [3.05, 3.63) is 65.5 Å². The Morgan fingerprint density at radius 3 is 2.35 bits per heavy atom. The molecule has 0 bridgehead atoms. The van der Waals surface area contributed by atoms with Gasteiger partial charge >= 0.3 is 0 Å². The molecule has 2 amide bonds. The monoisotopic (exact) mass is 355 g/mol. The Morgan fingerprint density at radius 1 is 1.00 bits per heavy atom. The molecule has 6 heteroatoms. The zero-order valence-electron chi connectivity index (χ0n) is 14.4. The third-order valence-electron chi connectivity index (χ3n) is 4.21. The number of carbonyl (C=O) groups is 2. The van der Waals surface area contributed by atoms with Crippen LogP contribution in [0.15, 0.2) is 48.5 Å². The maximum atomic E-state index is 12.9. The average molecular weight is 355 g/mol. The zero-order chi connectivity index (χ0) is 18.4. The highest BCUT2D eigenvalue weighted by atomic mass is 19.1. The second-order valence-corrected chi connectivity index (χ2v) is 6.51. The van der Waals surface area contributed by atoms with Gasteiger partial charge in [-0.2, -0.15) is 0 Å². The molecule has 0 heterocycles. The summed E-state index contributed by atoms with van der Waals surface area (Å²) in [6.45, 7) is 1.50. The number of benzene rings is 2. The summed E-state index contributed by atoms with van der Waals surface area (Å²) < 4.78 is 12.9. The van der Waals surface area contributed by atoms with E-state index in [4.69, 9.17) is 0 Å². The van der Waals surface area contributed by atoms with Crippen LogP contribution in [-0.2, 0) is 11.3 Å². The van der Waals surface area contributed by atoms with Crippen LogP contribution < -0.4 is 16.0 Å². The standard InChI is InChI=1S/C20H22FN3O2/c21-17-7-3-15(4-8-17)12-23-20(26)16-5-9-18(10-6-16)24-19(25)13-22-11-14-1-2-14/h3-10,14,22H,1-2,11-13H2,(H,23,26)(H,24,25). The van der Waals surface area contributed by atoms with Crippen LogP contribution in [0, 0.1) is 11.7 Å². The molecule has 1 aliphatic carbocycles. The van der Waals surface area contributed by atoms with Gasteiger partial charge < -0.3 is 16.0 Å². The summed E-state index contributed by atoms with van der Waals surface area (Å²) in [6.07, 6.45) is 2.50. The van der Waals surface area contributed by atoms with E-state index in [0.29, 0.717) is 17.8 Å². The fourth-order valence-electron chi connectivity index (χ4n) is 2.51. The number of carbonyl (C=O) groups excluding carboxylic acids is 2. The number of halogens is 1. The summed E-state index contributed by atoms with van der Waals surface area (Å²) in [4.78, 5) is 24.0. The van der Waals surface area contributed by atoms with Crippen molar-refractivity contribution in [2.75, 3.05) is 18.4 Å². The molecule has 0 saturated heterocycles. The van der Waals surface area contributed by atoms with Crippen LogP contribution in [0.25, 0.3) is 0 Å². The van der Waals surface area contributed by atoms with Gasteiger partial charge in [-0.25, -0.2) is 4.39 Å². The van der Waals surface area contributed by atoms with E-state index < -0.39 is 0 Å². The number of anilines is 1. The highest BCUT2D eigenvalue weighted by Crippen LogP contribution is 2.27. The van der Waals surface area contributed by atoms with Crippen LogP contribution in [-0.4, -0.2) is 24.9 Å². The SMILES string of the molecule is O=C(CNCC1CC1)Nc1ccc(C(=O)NCc2ccc(F)cc2)cc1. The first-order valence-electron chi connectivity index (χ1n) is 8.73. The van der Waals surface area contributed by atoms with Gasteiger partial charge in [0.1, 0.15) is 5.82 Å². The summed E-state index contributed by atoms with van der Waals surface area (Å²) in [5.74, 6) is 0.105. The molecule has 2 aromatic carbocycles. The summed E-state index contributed by atoms with van der Waals surface area (Å²) in [5.41, 5.74) is 1.97. The molecule has 0 aromatic heterocycles. The van der Waals surface area contributed by atoms with E-state index in [1.165, 1.54) is 25.0 Å². The number of rotatable bonds is 8. The fraction of sp³-hybridized carbons (Fsp3) is 0.300. The van der Waals surface area contributed by atoms with Crippen LogP contribution in [0.5, 0.6) is 0 Å². The summed E-state index contributed by atoms with van der Waals surface area (Å²) in [7, 11) is 0. The molecule has 0 atom stereocenters. The van der Waals surface area contributed by atoms with Gasteiger partial charge in [0.05, 0.1) is 6.54 Å². The Bertz CT molecular complexity index is 756. The van der Waals surface area contributed by atoms with Gasteiger partial charge in [0.25, 0.3) is 5.91 Å². The van der Waals surface area contributed by atoms with Crippen molar-refractivity contribution in [1.82, 2.24) is 10.6 Å². The third-order valence-corrected chi connectivity index (χ3v) is 4.21. The molecular weight excluding hydrogens is 333 g/mol. The van der Waals surface area contributed by atoms with Crippen molar-refractivity contribution in [1.29, 1.82) is 0 Å². The molecule has 0 spiro atoms. The van der Waals surface area contributed by atoms with Gasteiger partial charge in [0.15, 0.2) is 0 Å². The molecule has 0 radical (unpaired) electrons.